The Balaban J connectivity index is 1.49. The minimum Gasteiger partial charge on any atom is -0.336 e. The van der Waals surface area contributed by atoms with E-state index in [1.54, 1.807) is 7.05 Å². The van der Waals surface area contributed by atoms with Gasteiger partial charge in [-0.1, -0.05) is 63.6 Å². The number of rotatable bonds is 7. The molecule has 0 saturated carbocycles. The summed E-state index contributed by atoms with van der Waals surface area (Å²) in [7, 11) is 1.60. The van der Waals surface area contributed by atoms with Gasteiger partial charge >= 0.3 is 0 Å². The van der Waals surface area contributed by atoms with Crippen molar-refractivity contribution in [2.24, 2.45) is 0 Å². The number of nitrogens with zero attached hydrogens (tertiary/aromatic N) is 3. The Labute approximate surface area is 181 Å². The largest absolute Gasteiger partial charge is 0.336 e. The monoisotopic (exact) mass is 473 g/mol. The van der Waals surface area contributed by atoms with Gasteiger partial charge in [0.05, 0.1) is 12.3 Å². The molecule has 0 atom stereocenters. The van der Waals surface area contributed by atoms with E-state index in [1.165, 1.54) is 16.7 Å². The molecule has 1 heterocycles. The van der Waals surface area contributed by atoms with E-state index in [0.29, 0.717) is 16.7 Å². The van der Waals surface area contributed by atoms with E-state index < -0.39 is 0 Å². The van der Waals surface area contributed by atoms with Gasteiger partial charge in [-0.25, -0.2) is 4.98 Å². The number of anilines is 1. The maximum atomic E-state index is 12.3. The average Bonchev–Trinajstić information content (AvgIpc) is 3.17. The predicted octanol–water partition coefficient (Wildman–Crippen LogP) is 3.73. The number of carbonyl (C=O) groups excluding carboxylic acids is 2. The molecule has 29 heavy (non-hydrogen) atoms. The first-order valence-electron chi connectivity index (χ1n) is 8.83. The Morgan fingerprint density at radius 2 is 1.90 bits per heavy atom. The molecule has 3 aromatic rings. The molecule has 0 radical (unpaired) electrons. The van der Waals surface area contributed by atoms with Crippen LogP contribution in [0.1, 0.15) is 5.56 Å². The zero-order valence-electron chi connectivity index (χ0n) is 16.0. The van der Waals surface area contributed by atoms with Gasteiger partial charge in [0.1, 0.15) is 0 Å². The van der Waals surface area contributed by atoms with Crippen LogP contribution >= 0.6 is 27.7 Å². The first-order chi connectivity index (χ1) is 13.9. The topological polar surface area (TPSA) is 91.0 Å². The van der Waals surface area contributed by atoms with Crippen LogP contribution < -0.4 is 5.32 Å². The molecule has 7 nitrogen and oxygen atoms in total. The fourth-order valence-corrected chi connectivity index (χ4v) is 3.67. The van der Waals surface area contributed by atoms with Crippen molar-refractivity contribution in [2.45, 2.75) is 12.1 Å². The number of halogens is 1. The Morgan fingerprint density at radius 3 is 2.62 bits per heavy atom. The number of hydrogen-bond donors (Lipinski definition) is 2. The van der Waals surface area contributed by atoms with Gasteiger partial charge in [0, 0.05) is 22.8 Å². The Hall–Kier alpha value is -2.65. The summed E-state index contributed by atoms with van der Waals surface area (Å²) in [6, 6.07) is 15.2. The summed E-state index contributed by atoms with van der Waals surface area (Å²) in [4.78, 5) is 30.3. The molecule has 150 valence electrons. The molecule has 3 rings (SSSR count). The lowest BCUT2D eigenvalue weighted by atomic mass is 10.2. The van der Waals surface area contributed by atoms with Gasteiger partial charge < -0.3 is 10.2 Å². The quantitative estimate of drug-likeness (QED) is 0.510. The number of aromatic amines is 1. The van der Waals surface area contributed by atoms with Crippen LogP contribution in [0, 0.1) is 6.92 Å². The van der Waals surface area contributed by atoms with Crippen molar-refractivity contribution in [3.63, 3.8) is 0 Å². The van der Waals surface area contributed by atoms with Crippen molar-refractivity contribution in [3.05, 3.63) is 58.6 Å². The van der Waals surface area contributed by atoms with E-state index in [-0.39, 0.29) is 24.1 Å². The van der Waals surface area contributed by atoms with E-state index >= 15 is 0 Å². The van der Waals surface area contributed by atoms with Crippen molar-refractivity contribution in [3.8, 4) is 11.4 Å². The number of aryl methyl sites for hydroxylation is 1. The number of carbonyl (C=O) groups is 2. The van der Waals surface area contributed by atoms with E-state index in [1.807, 2.05) is 55.5 Å². The fraction of sp³-hybridized carbons (Fsp3) is 0.200. The smallest absolute Gasteiger partial charge is 0.243 e. The van der Waals surface area contributed by atoms with Gasteiger partial charge in [-0.05, 0) is 25.1 Å². The summed E-state index contributed by atoms with van der Waals surface area (Å²) in [5.74, 6) is 0.338. The standard InChI is InChI=1S/C20H20BrN5O2S/c1-13-7-9-14(10-8-13)22-17(27)11-26(2)18(28)12-29-20-23-19(24-25-20)15-5-3-4-6-16(15)21/h3-10H,11-12H2,1-2H3,(H,22,27)(H,23,24,25). The van der Waals surface area contributed by atoms with Crippen LogP contribution in [0.3, 0.4) is 0 Å². The zero-order chi connectivity index (χ0) is 20.8. The van der Waals surface area contributed by atoms with Crippen molar-refractivity contribution in [1.29, 1.82) is 0 Å². The lowest BCUT2D eigenvalue weighted by Crippen LogP contribution is -2.35. The Kier molecular flexibility index (Phi) is 7.05. The highest BCUT2D eigenvalue weighted by atomic mass is 79.9. The van der Waals surface area contributed by atoms with E-state index in [0.717, 1.165) is 15.6 Å². The summed E-state index contributed by atoms with van der Waals surface area (Å²) < 4.78 is 0.906. The van der Waals surface area contributed by atoms with E-state index in [9.17, 15) is 9.59 Å². The molecular formula is C20H20BrN5O2S. The zero-order valence-corrected chi connectivity index (χ0v) is 18.4. The highest BCUT2D eigenvalue weighted by Gasteiger charge is 2.15. The first kappa shape index (κ1) is 21.1. The van der Waals surface area contributed by atoms with Gasteiger partial charge in [-0.3, -0.25) is 14.7 Å². The molecule has 0 fully saturated rings. The SMILES string of the molecule is Cc1ccc(NC(=O)CN(C)C(=O)CSc2n[nH]c(-c3ccccc3Br)n2)cc1. The number of benzene rings is 2. The van der Waals surface area contributed by atoms with E-state index in [4.69, 9.17) is 0 Å². The molecule has 2 amide bonds. The number of nitrogens with one attached hydrogen (secondary N) is 2. The van der Waals surface area contributed by atoms with Crippen LogP contribution in [0.15, 0.2) is 58.2 Å². The molecule has 1 aromatic heterocycles. The molecule has 0 saturated heterocycles. The molecule has 2 aromatic carbocycles. The molecule has 0 bridgehead atoms. The molecule has 2 N–H and O–H groups in total. The molecule has 0 unspecified atom stereocenters. The second-order valence-electron chi connectivity index (χ2n) is 6.40. The lowest BCUT2D eigenvalue weighted by Gasteiger charge is -2.16. The normalized spacial score (nSPS) is 10.6. The lowest BCUT2D eigenvalue weighted by molar-refractivity contribution is -0.131. The maximum Gasteiger partial charge on any atom is 0.243 e. The number of amides is 2. The molecule has 9 heteroatoms. The number of likely N-dealkylation sites (N-methyl/N-ethyl adjacent to an activating group) is 1. The van der Waals surface area contributed by atoms with Gasteiger partial charge in [-0.2, -0.15) is 0 Å². The summed E-state index contributed by atoms with van der Waals surface area (Å²) in [6.45, 7) is 1.95. The summed E-state index contributed by atoms with van der Waals surface area (Å²) in [5, 5.41) is 10.3. The molecule has 0 aliphatic carbocycles. The van der Waals surface area contributed by atoms with Crippen molar-refractivity contribution in [1.82, 2.24) is 20.1 Å². The van der Waals surface area contributed by atoms with Crippen LogP contribution in [0.5, 0.6) is 0 Å². The second kappa shape index (κ2) is 9.71. The van der Waals surface area contributed by atoms with Crippen molar-refractivity contribution < 1.29 is 9.59 Å². The highest BCUT2D eigenvalue weighted by molar-refractivity contribution is 9.10. The third kappa shape index (κ3) is 5.91. The Morgan fingerprint density at radius 1 is 1.17 bits per heavy atom. The van der Waals surface area contributed by atoms with E-state index in [2.05, 4.69) is 36.4 Å². The Bertz CT molecular complexity index is 1010. The van der Waals surface area contributed by atoms with Gasteiger partial charge in [0.15, 0.2) is 5.82 Å². The van der Waals surface area contributed by atoms with Crippen molar-refractivity contribution in [2.75, 3.05) is 24.7 Å². The minimum absolute atomic E-state index is 0.0243. The summed E-state index contributed by atoms with van der Waals surface area (Å²) >= 11 is 4.70. The van der Waals surface area contributed by atoms with Crippen molar-refractivity contribution >= 4 is 45.2 Å². The van der Waals surface area contributed by atoms with Gasteiger partial charge in [-0.15, -0.1) is 5.10 Å². The van der Waals surface area contributed by atoms with Crippen LogP contribution in [-0.4, -0.2) is 51.2 Å². The number of hydrogen-bond acceptors (Lipinski definition) is 5. The average molecular weight is 474 g/mol. The molecule has 0 aliphatic heterocycles. The van der Waals surface area contributed by atoms with Crippen LogP contribution in [0.25, 0.3) is 11.4 Å². The number of thioether (sulfide) groups is 1. The van der Waals surface area contributed by atoms with Gasteiger partial charge in [0.25, 0.3) is 0 Å². The predicted molar refractivity (Wildman–Crippen MR) is 118 cm³/mol. The number of aromatic nitrogens is 3. The minimum atomic E-state index is -0.246. The third-order valence-corrected chi connectivity index (χ3v) is 5.58. The van der Waals surface area contributed by atoms with Crippen LogP contribution in [0.2, 0.25) is 0 Å². The van der Waals surface area contributed by atoms with Crippen LogP contribution in [-0.2, 0) is 9.59 Å². The molecule has 0 spiro atoms. The maximum absolute atomic E-state index is 12.3. The first-order valence-corrected chi connectivity index (χ1v) is 10.6. The summed E-state index contributed by atoms with van der Waals surface area (Å²) in [5.41, 5.74) is 2.71. The fourth-order valence-electron chi connectivity index (χ4n) is 2.46. The summed E-state index contributed by atoms with van der Waals surface area (Å²) in [6.07, 6.45) is 0. The number of H-pyrrole nitrogens is 1. The third-order valence-electron chi connectivity index (χ3n) is 4.06. The van der Waals surface area contributed by atoms with Gasteiger partial charge in [0.2, 0.25) is 17.0 Å². The highest BCUT2D eigenvalue weighted by Crippen LogP contribution is 2.26. The van der Waals surface area contributed by atoms with Crippen LogP contribution in [0.4, 0.5) is 5.69 Å². The molecule has 0 aliphatic rings. The molecular weight excluding hydrogens is 454 g/mol. The second-order valence-corrected chi connectivity index (χ2v) is 8.20.